The van der Waals surface area contributed by atoms with Crippen molar-refractivity contribution in [2.45, 2.75) is 27.3 Å². The number of oxazole rings is 1. The molecule has 0 aliphatic heterocycles. The molecule has 0 aliphatic carbocycles. The maximum absolute atomic E-state index is 13.9. The van der Waals surface area contributed by atoms with Gasteiger partial charge in [-0.2, -0.15) is 0 Å². The number of nitrogens with zero attached hydrogens (tertiary/aromatic N) is 1. The van der Waals surface area contributed by atoms with Gasteiger partial charge in [-0.15, -0.1) is 0 Å². The largest absolute Gasteiger partial charge is 0.443 e. The van der Waals surface area contributed by atoms with Crippen LogP contribution in [-0.2, 0) is 6.54 Å². The molecule has 0 bridgehead atoms. The van der Waals surface area contributed by atoms with Crippen LogP contribution in [0.1, 0.15) is 25.1 Å². The van der Waals surface area contributed by atoms with Gasteiger partial charge in [-0.3, -0.25) is 0 Å². The van der Waals surface area contributed by atoms with Gasteiger partial charge in [0.05, 0.1) is 5.56 Å². The average molecular weight is 280 g/mol. The van der Waals surface area contributed by atoms with Crippen molar-refractivity contribution >= 4 is 0 Å². The third-order valence-corrected chi connectivity index (χ3v) is 2.98. The highest BCUT2D eigenvalue weighted by Gasteiger charge is 2.16. The number of nitrogens with one attached hydrogen (secondary N) is 1. The Kier molecular flexibility index (Phi) is 4.49. The van der Waals surface area contributed by atoms with Crippen LogP contribution in [0.3, 0.4) is 0 Å². The number of halogens is 2. The van der Waals surface area contributed by atoms with Gasteiger partial charge in [0.2, 0.25) is 0 Å². The molecule has 0 unspecified atom stereocenters. The summed E-state index contributed by atoms with van der Waals surface area (Å²) < 4.78 is 32.4. The van der Waals surface area contributed by atoms with Gasteiger partial charge in [0.15, 0.2) is 12.2 Å². The second-order valence-corrected chi connectivity index (χ2v) is 5.23. The molecular weight excluding hydrogens is 262 g/mol. The zero-order chi connectivity index (χ0) is 14.7. The minimum absolute atomic E-state index is 0.239. The Morgan fingerprint density at radius 1 is 1.25 bits per heavy atom. The van der Waals surface area contributed by atoms with Gasteiger partial charge in [0.1, 0.15) is 17.3 Å². The Hall–Kier alpha value is -1.75. The normalized spacial score (nSPS) is 11.3. The highest BCUT2D eigenvalue weighted by atomic mass is 19.1. The van der Waals surface area contributed by atoms with Crippen molar-refractivity contribution in [1.29, 1.82) is 0 Å². The third kappa shape index (κ3) is 3.22. The molecular formula is C15H18F2N2O. The highest BCUT2D eigenvalue weighted by Crippen LogP contribution is 2.28. The van der Waals surface area contributed by atoms with Crippen molar-refractivity contribution in [3.8, 4) is 11.3 Å². The van der Waals surface area contributed by atoms with Crippen LogP contribution in [0.2, 0.25) is 0 Å². The molecule has 0 saturated carbocycles. The maximum atomic E-state index is 13.9. The van der Waals surface area contributed by atoms with Crippen LogP contribution in [0.5, 0.6) is 0 Å². The molecule has 0 atom stereocenters. The molecule has 0 fully saturated rings. The first kappa shape index (κ1) is 14.7. The topological polar surface area (TPSA) is 38.1 Å². The molecule has 2 rings (SSSR count). The van der Waals surface area contributed by atoms with Gasteiger partial charge < -0.3 is 9.73 Å². The van der Waals surface area contributed by atoms with Crippen LogP contribution in [0.4, 0.5) is 8.78 Å². The van der Waals surface area contributed by atoms with Crippen LogP contribution in [0, 0.1) is 24.5 Å². The van der Waals surface area contributed by atoms with E-state index < -0.39 is 11.6 Å². The fourth-order valence-corrected chi connectivity index (χ4v) is 1.92. The summed E-state index contributed by atoms with van der Waals surface area (Å²) in [7, 11) is 0. The lowest BCUT2D eigenvalue weighted by molar-refractivity contribution is 0.539. The highest BCUT2D eigenvalue weighted by molar-refractivity contribution is 5.61. The summed E-state index contributed by atoms with van der Waals surface area (Å²) in [4.78, 5) is 4.09. The average Bonchev–Trinajstić information content (AvgIpc) is 2.81. The number of rotatable bonds is 5. The molecule has 1 heterocycles. The van der Waals surface area contributed by atoms with Gasteiger partial charge in [-0.1, -0.05) is 13.8 Å². The summed E-state index contributed by atoms with van der Waals surface area (Å²) >= 11 is 0. The van der Waals surface area contributed by atoms with Crippen molar-refractivity contribution in [2.24, 2.45) is 5.92 Å². The minimum atomic E-state index is -0.644. The summed E-state index contributed by atoms with van der Waals surface area (Å²) in [6.45, 7) is 7.10. The monoisotopic (exact) mass is 280 g/mol. The molecule has 0 spiro atoms. The first-order valence-electron chi connectivity index (χ1n) is 6.58. The quantitative estimate of drug-likeness (QED) is 0.908. The SMILES string of the molecule is Cc1cc(-c2ocnc2CNCC(C)C)c(F)cc1F. The number of aryl methyl sites for hydroxylation is 1. The fourth-order valence-electron chi connectivity index (χ4n) is 1.92. The molecule has 5 heteroatoms. The molecule has 0 amide bonds. The number of aromatic nitrogens is 1. The van der Waals surface area contributed by atoms with E-state index >= 15 is 0 Å². The molecule has 0 radical (unpaired) electrons. The van der Waals surface area contributed by atoms with E-state index in [1.54, 1.807) is 6.92 Å². The molecule has 3 nitrogen and oxygen atoms in total. The lowest BCUT2D eigenvalue weighted by atomic mass is 10.1. The number of hydrogen-bond donors (Lipinski definition) is 1. The molecule has 108 valence electrons. The Morgan fingerprint density at radius 2 is 2.00 bits per heavy atom. The van der Waals surface area contributed by atoms with E-state index in [4.69, 9.17) is 4.42 Å². The van der Waals surface area contributed by atoms with Crippen molar-refractivity contribution in [2.75, 3.05) is 6.54 Å². The first-order valence-corrected chi connectivity index (χ1v) is 6.58. The summed E-state index contributed by atoms with van der Waals surface area (Å²) in [6, 6.07) is 2.32. The summed E-state index contributed by atoms with van der Waals surface area (Å²) in [5, 5.41) is 3.22. The van der Waals surface area contributed by atoms with Gasteiger partial charge in [0, 0.05) is 12.6 Å². The van der Waals surface area contributed by atoms with E-state index in [2.05, 4.69) is 24.1 Å². The number of benzene rings is 1. The van der Waals surface area contributed by atoms with Crippen LogP contribution in [0.15, 0.2) is 22.9 Å². The second kappa shape index (κ2) is 6.13. The predicted octanol–water partition coefficient (Wildman–Crippen LogP) is 3.67. The Balaban J connectivity index is 2.25. The van der Waals surface area contributed by atoms with E-state index in [0.717, 1.165) is 12.6 Å². The Labute approximate surface area is 117 Å². The Bertz CT molecular complexity index is 594. The van der Waals surface area contributed by atoms with Crippen LogP contribution < -0.4 is 5.32 Å². The number of hydrogen-bond acceptors (Lipinski definition) is 3. The van der Waals surface area contributed by atoms with Crippen LogP contribution in [0.25, 0.3) is 11.3 Å². The predicted molar refractivity (Wildman–Crippen MR) is 73.1 cm³/mol. The molecule has 1 aromatic carbocycles. The lowest BCUT2D eigenvalue weighted by Crippen LogP contribution is -2.19. The van der Waals surface area contributed by atoms with Crippen molar-refractivity contribution in [3.63, 3.8) is 0 Å². The summed E-state index contributed by atoms with van der Waals surface area (Å²) in [5.41, 5.74) is 1.23. The van der Waals surface area contributed by atoms with Crippen LogP contribution in [-0.4, -0.2) is 11.5 Å². The molecule has 0 saturated heterocycles. The first-order chi connectivity index (χ1) is 9.49. The van der Waals surface area contributed by atoms with Gasteiger partial charge >= 0.3 is 0 Å². The van der Waals surface area contributed by atoms with Crippen molar-refractivity contribution in [3.05, 3.63) is 41.4 Å². The molecule has 1 N–H and O–H groups in total. The van der Waals surface area contributed by atoms with Crippen molar-refractivity contribution < 1.29 is 13.2 Å². The summed E-state index contributed by atoms with van der Waals surface area (Å²) in [5.74, 6) is -0.350. The van der Waals surface area contributed by atoms with Gasteiger partial charge in [0.25, 0.3) is 0 Å². The van der Waals surface area contributed by atoms with E-state index in [9.17, 15) is 8.78 Å². The zero-order valence-corrected chi connectivity index (χ0v) is 11.8. The molecule has 1 aromatic heterocycles. The third-order valence-electron chi connectivity index (χ3n) is 2.98. The smallest absolute Gasteiger partial charge is 0.181 e. The van der Waals surface area contributed by atoms with Gasteiger partial charge in [-0.05, 0) is 31.0 Å². The zero-order valence-electron chi connectivity index (χ0n) is 11.8. The van der Waals surface area contributed by atoms with E-state index in [0.29, 0.717) is 29.5 Å². The van der Waals surface area contributed by atoms with Crippen molar-refractivity contribution in [1.82, 2.24) is 10.3 Å². The van der Waals surface area contributed by atoms with Crippen LogP contribution >= 0.6 is 0 Å². The lowest BCUT2D eigenvalue weighted by Gasteiger charge is -2.08. The molecule has 2 aromatic rings. The van der Waals surface area contributed by atoms with E-state index in [1.165, 1.54) is 12.5 Å². The summed E-state index contributed by atoms with van der Waals surface area (Å²) in [6.07, 6.45) is 1.28. The molecule has 0 aliphatic rings. The second-order valence-electron chi connectivity index (χ2n) is 5.23. The fraction of sp³-hybridized carbons (Fsp3) is 0.400. The molecule has 20 heavy (non-hydrogen) atoms. The standard InChI is InChI=1S/C15H18F2N2O/c1-9(2)6-18-7-14-15(20-8-19-14)11-4-10(3)12(16)5-13(11)17/h4-5,8-9,18H,6-7H2,1-3H3. The van der Waals surface area contributed by atoms with Gasteiger partial charge in [-0.25, -0.2) is 13.8 Å². The minimum Gasteiger partial charge on any atom is -0.443 e. The Morgan fingerprint density at radius 3 is 2.70 bits per heavy atom. The van der Waals surface area contributed by atoms with E-state index in [-0.39, 0.29) is 5.56 Å². The maximum Gasteiger partial charge on any atom is 0.181 e. The van der Waals surface area contributed by atoms with E-state index in [1.807, 2.05) is 0 Å².